The van der Waals surface area contributed by atoms with E-state index in [1.54, 1.807) is 41.5 Å². The molecule has 2 aromatic rings. The number of carbonyl (C=O) groups is 1. The molecular weight excluding hydrogens is 188 g/mol. The molecule has 0 aliphatic rings. The minimum atomic E-state index is 0.630. The van der Waals surface area contributed by atoms with Gasteiger partial charge in [-0.2, -0.15) is 0 Å². The Morgan fingerprint density at radius 2 is 1.93 bits per heavy atom. The number of carbonyl (C=O) groups excluding carboxylic acids is 1. The lowest BCUT2D eigenvalue weighted by Gasteiger charge is -1.91. The average molecular weight is 200 g/mol. The molecule has 0 unspecified atom stereocenters. The van der Waals surface area contributed by atoms with Crippen LogP contribution in [-0.4, -0.2) is 15.8 Å². The zero-order valence-corrected chi connectivity index (χ0v) is 8.28. The van der Waals surface area contributed by atoms with Crippen LogP contribution in [0.4, 0.5) is 0 Å². The summed E-state index contributed by atoms with van der Waals surface area (Å²) in [5, 5.41) is 0. The summed E-state index contributed by atoms with van der Waals surface area (Å²) in [6, 6.07) is 9.24. The molecule has 76 valence electrons. The van der Waals surface area contributed by atoms with E-state index in [0.29, 0.717) is 5.69 Å². The molecule has 0 N–H and O–H groups in total. The predicted octanol–water partition coefficient (Wildman–Crippen LogP) is 2.48. The van der Waals surface area contributed by atoms with Crippen LogP contribution in [-0.2, 0) is 0 Å². The van der Waals surface area contributed by atoms with Crippen molar-refractivity contribution in [3.8, 4) is 0 Å². The number of rotatable bonds is 2. The average Bonchev–Trinajstić information content (AvgIpc) is 2.79. The standard InChI is InChI=1S/C7H7NO.C5H5N/c1-2-8-5-3-4-7(8)6-9;1-2-4-6-5-3-1/h2-6H,1H2;1-5H. The molecule has 2 aromatic heterocycles. The predicted molar refractivity (Wildman–Crippen MR) is 60.4 cm³/mol. The van der Waals surface area contributed by atoms with Crippen molar-refractivity contribution in [1.29, 1.82) is 0 Å². The lowest BCUT2D eigenvalue weighted by molar-refractivity contribution is 0.111. The van der Waals surface area contributed by atoms with E-state index in [-0.39, 0.29) is 0 Å². The molecule has 0 saturated heterocycles. The molecule has 0 radical (unpaired) electrons. The zero-order chi connectivity index (χ0) is 10.9. The van der Waals surface area contributed by atoms with Crippen LogP contribution in [0.3, 0.4) is 0 Å². The van der Waals surface area contributed by atoms with Crippen LogP contribution >= 0.6 is 0 Å². The molecule has 0 saturated carbocycles. The molecule has 2 heterocycles. The van der Waals surface area contributed by atoms with Crippen molar-refractivity contribution in [2.24, 2.45) is 0 Å². The Kier molecular flexibility index (Phi) is 4.60. The second kappa shape index (κ2) is 6.32. The summed E-state index contributed by atoms with van der Waals surface area (Å²) in [5.74, 6) is 0. The highest BCUT2D eigenvalue weighted by Gasteiger charge is 1.91. The van der Waals surface area contributed by atoms with Gasteiger partial charge in [0, 0.05) is 24.8 Å². The molecule has 0 aliphatic heterocycles. The largest absolute Gasteiger partial charge is 0.322 e. The molecule has 0 bridgehead atoms. The Morgan fingerprint density at radius 3 is 2.27 bits per heavy atom. The molecule has 0 atom stereocenters. The van der Waals surface area contributed by atoms with Crippen molar-refractivity contribution >= 4 is 12.5 Å². The van der Waals surface area contributed by atoms with Crippen molar-refractivity contribution in [1.82, 2.24) is 9.55 Å². The third-order valence-corrected chi connectivity index (χ3v) is 1.70. The topological polar surface area (TPSA) is 34.9 Å². The first-order chi connectivity index (χ1) is 7.38. The first-order valence-corrected chi connectivity index (χ1v) is 4.48. The molecule has 0 spiro atoms. The minimum absolute atomic E-state index is 0.630. The highest BCUT2D eigenvalue weighted by molar-refractivity contribution is 5.73. The van der Waals surface area contributed by atoms with Crippen LogP contribution in [0.25, 0.3) is 6.20 Å². The van der Waals surface area contributed by atoms with E-state index in [1.165, 1.54) is 0 Å². The molecule has 0 aromatic carbocycles. The Balaban J connectivity index is 0.000000162. The molecule has 2 rings (SSSR count). The van der Waals surface area contributed by atoms with Gasteiger partial charge in [0.2, 0.25) is 0 Å². The third-order valence-electron chi connectivity index (χ3n) is 1.70. The lowest BCUT2D eigenvalue weighted by Crippen LogP contribution is -1.88. The van der Waals surface area contributed by atoms with Crippen molar-refractivity contribution in [3.05, 3.63) is 61.2 Å². The molecule has 0 fully saturated rings. The first-order valence-electron chi connectivity index (χ1n) is 4.48. The van der Waals surface area contributed by atoms with Gasteiger partial charge in [-0.25, -0.2) is 0 Å². The number of nitrogens with zero attached hydrogens (tertiary/aromatic N) is 2. The maximum absolute atomic E-state index is 10.2. The number of hydrogen-bond acceptors (Lipinski definition) is 2. The fourth-order valence-corrected chi connectivity index (χ4v) is 0.985. The number of aldehydes is 1. The van der Waals surface area contributed by atoms with Gasteiger partial charge in [-0.3, -0.25) is 9.78 Å². The summed E-state index contributed by atoms with van der Waals surface area (Å²) >= 11 is 0. The summed E-state index contributed by atoms with van der Waals surface area (Å²) in [6.07, 6.45) is 7.65. The van der Waals surface area contributed by atoms with E-state index in [0.717, 1.165) is 6.29 Å². The summed E-state index contributed by atoms with van der Waals surface area (Å²) in [6.45, 7) is 3.52. The van der Waals surface area contributed by atoms with E-state index in [4.69, 9.17) is 0 Å². The SMILES string of the molecule is C=Cn1cccc1C=O.c1ccncc1. The van der Waals surface area contributed by atoms with E-state index >= 15 is 0 Å². The van der Waals surface area contributed by atoms with Gasteiger partial charge in [0.05, 0.1) is 5.69 Å². The van der Waals surface area contributed by atoms with Gasteiger partial charge in [-0.15, -0.1) is 0 Å². The van der Waals surface area contributed by atoms with Gasteiger partial charge >= 0.3 is 0 Å². The molecule has 0 aliphatic carbocycles. The third kappa shape index (κ3) is 3.60. The summed E-state index contributed by atoms with van der Waals surface area (Å²) in [4.78, 5) is 14.0. The summed E-state index contributed by atoms with van der Waals surface area (Å²) in [5.41, 5.74) is 0.630. The highest BCUT2D eigenvalue weighted by atomic mass is 16.1. The molecule has 3 heteroatoms. The lowest BCUT2D eigenvalue weighted by atomic mass is 10.5. The van der Waals surface area contributed by atoms with Crippen molar-refractivity contribution < 1.29 is 4.79 Å². The number of hydrogen-bond donors (Lipinski definition) is 0. The van der Waals surface area contributed by atoms with Gasteiger partial charge in [-0.1, -0.05) is 12.6 Å². The smallest absolute Gasteiger partial charge is 0.166 e. The van der Waals surface area contributed by atoms with Gasteiger partial charge in [0.1, 0.15) is 0 Å². The number of pyridine rings is 1. The normalized spacial score (nSPS) is 8.53. The molecular formula is C12H12N2O. The van der Waals surface area contributed by atoms with E-state index in [9.17, 15) is 4.79 Å². The minimum Gasteiger partial charge on any atom is -0.322 e. The second-order valence-corrected chi connectivity index (χ2v) is 2.67. The van der Waals surface area contributed by atoms with Crippen LogP contribution in [0.5, 0.6) is 0 Å². The van der Waals surface area contributed by atoms with Gasteiger partial charge in [0.15, 0.2) is 6.29 Å². The molecule has 3 nitrogen and oxygen atoms in total. The summed E-state index contributed by atoms with van der Waals surface area (Å²) < 4.78 is 1.66. The Bertz CT molecular complexity index is 357. The summed E-state index contributed by atoms with van der Waals surface area (Å²) in [7, 11) is 0. The Hall–Kier alpha value is -2.16. The van der Waals surface area contributed by atoms with E-state index in [1.807, 2.05) is 18.2 Å². The fourth-order valence-electron chi connectivity index (χ4n) is 0.985. The van der Waals surface area contributed by atoms with Crippen LogP contribution in [0.2, 0.25) is 0 Å². The van der Waals surface area contributed by atoms with Crippen LogP contribution in [0.15, 0.2) is 55.5 Å². The highest BCUT2D eigenvalue weighted by Crippen LogP contribution is 1.97. The van der Waals surface area contributed by atoms with Crippen molar-refractivity contribution in [2.45, 2.75) is 0 Å². The van der Waals surface area contributed by atoms with Gasteiger partial charge in [-0.05, 0) is 24.3 Å². The monoisotopic (exact) mass is 200 g/mol. The van der Waals surface area contributed by atoms with E-state index in [2.05, 4.69) is 11.6 Å². The zero-order valence-electron chi connectivity index (χ0n) is 8.28. The number of aromatic nitrogens is 2. The van der Waals surface area contributed by atoms with E-state index < -0.39 is 0 Å². The van der Waals surface area contributed by atoms with Crippen LogP contribution < -0.4 is 0 Å². The maximum Gasteiger partial charge on any atom is 0.166 e. The second-order valence-electron chi connectivity index (χ2n) is 2.67. The first kappa shape index (κ1) is 10.9. The fraction of sp³-hybridized carbons (Fsp3) is 0. The Morgan fingerprint density at radius 1 is 1.20 bits per heavy atom. The van der Waals surface area contributed by atoms with Crippen molar-refractivity contribution in [3.63, 3.8) is 0 Å². The molecule has 0 amide bonds. The molecule has 15 heavy (non-hydrogen) atoms. The van der Waals surface area contributed by atoms with Crippen LogP contribution in [0.1, 0.15) is 10.5 Å². The Labute approximate surface area is 88.7 Å². The quantitative estimate of drug-likeness (QED) is 0.698. The van der Waals surface area contributed by atoms with Gasteiger partial charge < -0.3 is 4.57 Å². The maximum atomic E-state index is 10.2. The van der Waals surface area contributed by atoms with Crippen molar-refractivity contribution in [2.75, 3.05) is 0 Å². The van der Waals surface area contributed by atoms with Gasteiger partial charge in [0.25, 0.3) is 0 Å². The van der Waals surface area contributed by atoms with Crippen LogP contribution in [0, 0.1) is 0 Å².